The van der Waals surface area contributed by atoms with Crippen LogP contribution in [-0.4, -0.2) is 17.5 Å². The van der Waals surface area contributed by atoms with Crippen LogP contribution in [0.4, 0.5) is 13.2 Å². The van der Waals surface area contributed by atoms with E-state index in [9.17, 15) is 13.2 Å². The summed E-state index contributed by atoms with van der Waals surface area (Å²) in [4.78, 5) is 3.34. The Bertz CT molecular complexity index is 350. The third-order valence-corrected chi connectivity index (χ3v) is 2.73. The first kappa shape index (κ1) is 9.45. The molecule has 0 bridgehead atoms. The van der Waals surface area contributed by atoms with Crippen LogP contribution in [-0.2, 0) is 5.41 Å². The topological polar surface area (TPSA) is 38.9 Å². The number of hydrogen-bond acceptors (Lipinski definition) is 2. The number of alkyl halides is 2. The smallest absolute Gasteiger partial charge is 0.260 e. The van der Waals surface area contributed by atoms with Crippen molar-refractivity contribution in [2.45, 2.75) is 17.8 Å². The van der Waals surface area contributed by atoms with Crippen molar-refractivity contribution in [1.82, 2.24) is 4.98 Å². The molecule has 0 aliphatic heterocycles. The highest BCUT2D eigenvalue weighted by molar-refractivity contribution is 5.36. The van der Waals surface area contributed by atoms with Crippen molar-refractivity contribution in [2.75, 3.05) is 6.54 Å². The molecule has 1 aromatic heterocycles. The predicted molar refractivity (Wildman–Crippen MR) is 44.5 cm³/mol. The molecular formula is C9H9F3N2. The summed E-state index contributed by atoms with van der Waals surface area (Å²) in [6.07, 6.45) is 0.854. The molecule has 1 saturated carbocycles. The maximum atomic E-state index is 13.0. The number of rotatable bonds is 2. The van der Waals surface area contributed by atoms with Gasteiger partial charge >= 0.3 is 0 Å². The molecule has 1 fully saturated rings. The summed E-state index contributed by atoms with van der Waals surface area (Å²) in [6.45, 7) is -0.146. The number of nitrogens with zero attached hydrogens (tertiary/aromatic N) is 1. The van der Waals surface area contributed by atoms with E-state index < -0.39 is 17.3 Å². The van der Waals surface area contributed by atoms with Gasteiger partial charge in [0.15, 0.2) is 0 Å². The van der Waals surface area contributed by atoms with Gasteiger partial charge < -0.3 is 5.73 Å². The molecule has 0 amide bonds. The molecule has 1 aromatic rings. The number of aromatic nitrogens is 1. The highest BCUT2D eigenvalue weighted by Gasteiger charge is 2.71. The Kier molecular flexibility index (Phi) is 1.82. The zero-order chi connectivity index (χ0) is 10.4. The van der Waals surface area contributed by atoms with E-state index in [2.05, 4.69) is 4.98 Å². The molecule has 76 valence electrons. The lowest BCUT2D eigenvalue weighted by molar-refractivity contribution is 0.0895. The fourth-order valence-corrected chi connectivity index (χ4v) is 1.65. The standard InChI is InChI=1S/C9H9F3N2/c10-7-2-1-6(3-14-7)8(5-13)4-9(8,11)12/h1-3H,4-5,13H2. The quantitative estimate of drug-likeness (QED) is 0.737. The van der Waals surface area contributed by atoms with Gasteiger partial charge in [0.05, 0.1) is 5.41 Å². The van der Waals surface area contributed by atoms with Gasteiger partial charge in [0.1, 0.15) is 0 Å². The van der Waals surface area contributed by atoms with Crippen molar-refractivity contribution in [3.63, 3.8) is 0 Å². The van der Waals surface area contributed by atoms with Crippen LogP contribution in [0.3, 0.4) is 0 Å². The Morgan fingerprint density at radius 2 is 2.07 bits per heavy atom. The van der Waals surface area contributed by atoms with E-state index >= 15 is 0 Å². The van der Waals surface area contributed by atoms with Crippen molar-refractivity contribution in [2.24, 2.45) is 5.73 Å². The van der Waals surface area contributed by atoms with E-state index in [0.29, 0.717) is 5.56 Å². The first-order chi connectivity index (χ1) is 6.52. The van der Waals surface area contributed by atoms with Gasteiger partial charge in [0.25, 0.3) is 5.92 Å². The van der Waals surface area contributed by atoms with Crippen LogP contribution >= 0.6 is 0 Å². The molecule has 1 aliphatic carbocycles. The van der Waals surface area contributed by atoms with E-state index in [0.717, 1.165) is 12.3 Å². The molecule has 0 saturated heterocycles. The second-order valence-electron chi connectivity index (χ2n) is 3.54. The van der Waals surface area contributed by atoms with Gasteiger partial charge in [-0.05, 0) is 11.6 Å². The summed E-state index contributed by atoms with van der Waals surface area (Å²) >= 11 is 0. The van der Waals surface area contributed by atoms with Crippen LogP contribution in [0.1, 0.15) is 12.0 Å². The minimum Gasteiger partial charge on any atom is -0.329 e. The summed E-state index contributed by atoms with van der Waals surface area (Å²) in [6, 6.07) is 2.39. The SMILES string of the molecule is NCC1(c2ccc(F)nc2)CC1(F)F. The number of nitrogens with two attached hydrogens (primary N) is 1. The molecule has 1 heterocycles. The summed E-state index contributed by atoms with van der Waals surface area (Å²) in [5.74, 6) is -3.45. The molecule has 1 atom stereocenters. The van der Waals surface area contributed by atoms with Crippen LogP contribution in [0.5, 0.6) is 0 Å². The third-order valence-electron chi connectivity index (χ3n) is 2.73. The largest absolute Gasteiger partial charge is 0.329 e. The van der Waals surface area contributed by atoms with E-state index in [-0.39, 0.29) is 13.0 Å². The van der Waals surface area contributed by atoms with Crippen molar-refractivity contribution in [3.8, 4) is 0 Å². The van der Waals surface area contributed by atoms with E-state index in [4.69, 9.17) is 5.73 Å². The number of halogens is 3. The van der Waals surface area contributed by atoms with Crippen LogP contribution in [0.2, 0.25) is 0 Å². The van der Waals surface area contributed by atoms with Crippen LogP contribution in [0.15, 0.2) is 18.3 Å². The molecule has 1 aliphatic rings. The Labute approximate surface area is 78.9 Å². The molecule has 14 heavy (non-hydrogen) atoms. The Hall–Kier alpha value is -1.10. The zero-order valence-electron chi connectivity index (χ0n) is 7.30. The van der Waals surface area contributed by atoms with Gasteiger partial charge in [-0.2, -0.15) is 4.39 Å². The number of hydrogen-bond donors (Lipinski definition) is 1. The van der Waals surface area contributed by atoms with Crippen molar-refractivity contribution in [3.05, 3.63) is 29.8 Å². The summed E-state index contributed by atoms with van der Waals surface area (Å²) in [5.41, 5.74) is 4.31. The summed E-state index contributed by atoms with van der Waals surface area (Å²) in [5, 5.41) is 0. The van der Waals surface area contributed by atoms with E-state index in [1.165, 1.54) is 6.07 Å². The monoisotopic (exact) mass is 202 g/mol. The Morgan fingerprint density at radius 3 is 2.43 bits per heavy atom. The first-order valence-corrected chi connectivity index (χ1v) is 4.22. The van der Waals surface area contributed by atoms with Crippen LogP contribution < -0.4 is 5.73 Å². The third kappa shape index (κ3) is 1.12. The molecule has 5 heteroatoms. The average molecular weight is 202 g/mol. The molecule has 0 aromatic carbocycles. The maximum absolute atomic E-state index is 13.0. The highest BCUT2D eigenvalue weighted by Crippen LogP contribution is 2.60. The molecule has 2 nitrogen and oxygen atoms in total. The Balaban J connectivity index is 2.36. The van der Waals surface area contributed by atoms with Gasteiger partial charge in [-0.3, -0.25) is 0 Å². The van der Waals surface area contributed by atoms with Crippen molar-refractivity contribution in [1.29, 1.82) is 0 Å². The Morgan fingerprint density at radius 1 is 1.43 bits per heavy atom. The predicted octanol–water partition coefficient (Wildman–Crippen LogP) is 1.46. The average Bonchev–Trinajstić information content (AvgIpc) is 2.71. The fraction of sp³-hybridized carbons (Fsp3) is 0.444. The van der Waals surface area contributed by atoms with Gasteiger partial charge in [-0.25, -0.2) is 13.8 Å². The minimum atomic E-state index is -2.78. The van der Waals surface area contributed by atoms with Crippen LogP contribution in [0, 0.1) is 5.95 Å². The lowest BCUT2D eigenvalue weighted by Crippen LogP contribution is -2.26. The van der Waals surface area contributed by atoms with Gasteiger partial charge in [0, 0.05) is 19.2 Å². The van der Waals surface area contributed by atoms with Gasteiger partial charge in [-0.15, -0.1) is 0 Å². The molecule has 0 radical (unpaired) electrons. The number of pyridine rings is 1. The second-order valence-corrected chi connectivity index (χ2v) is 3.54. The zero-order valence-corrected chi connectivity index (χ0v) is 7.30. The molecular weight excluding hydrogens is 193 g/mol. The molecule has 2 rings (SSSR count). The minimum absolute atomic E-state index is 0.146. The maximum Gasteiger partial charge on any atom is 0.260 e. The molecule has 0 spiro atoms. The van der Waals surface area contributed by atoms with E-state index in [1.807, 2.05) is 0 Å². The lowest BCUT2D eigenvalue weighted by atomic mass is 9.97. The highest BCUT2D eigenvalue weighted by atomic mass is 19.3. The van der Waals surface area contributed by atoms with Crippen molar-refractivity contribution < 1.29 is 13.2 Å². The van der Waals surface area contributed by atoms with Gasteiger partial charge in [-0.1, -0.05) is 6.07 Å². The first-order valence-electron chi connectivity index (χ1n) is 4.22. The van der Waals surface area contributed by atoms with Gasteiger partial charge in [0.2, 0.25) is 5.95 Å². The molecule has 1 unspecified atom stereocenters. The second kappa shape index (κ2) is 2.70. The van der Waals surface area contributed by atoms with E-state index in [1.54, 1.807) is 0 Å². The van der Waals surface area contributed by atoms with Crippen molar-refractivity contribution >= 4 is 0 Å². The normalized spacial score (nSPS) is 28.9. The lowest BCUT2D eigenvalue weighted by Gasteiger charge is -2.13. The van der Waals surface area contributed by atoms with Crippen LogP contribution in [0.25, 0.3) is 0 Å². The fourth-order valence-electron chi connectivity index (χ4n) is 1.65. The molecule has 2 N–H and O–H groups in total. The summed E-state index contributed by atoms with van der Waals surface area (Å²) in [7, 11) is 0. The summed E-state index contributed by atoms with van der Waals surface area (Å²) < 4.78 is 38.5.